The maximum Gasteiger partial charge on any atom is 0.508 e. The largest absolute Gasteiger partial charge is 0.508 e. The van der Waals surface area contributed by atoms with Gasteiger partial charge in [-0.3, -0.25) is 14.4 Å². The molecule has 0 bridgehead atoms. The van der Waals surface area contributed by atoms with Crippen molar-refractivity contribution in [3.63, 3.8) is 0 Å². The van der Waals surface area contributed by atoms with E-state index in [9.17, 15) is 24.3 Å². The minimum Gasteiger partial charge on any atom is -0.480 e. The summed E-state index contributed by atoms with van der Waals surface area (Å²) in [6, 6.07) is 3.49. The van der Waals surface area contributed by atoms with E-state index < -0.39 is 48.0 Å². The predicted octanol–water partition coefficient (Wildman–Crippen LogP) is 2.57. The number of aliphatic carboxylic acids is 1. The van der Waals surface area contributed by atoms with Crippen LogP contribution in [0.1, 0.15) is 40.2 Å². The van der Waals surface area contributed by atoms with E-state index in [0.717, 1.165) is 0 Å². The lowest BCUT2D eigenvalue weighted by Gasteiger charge is -2.19. The van der Waals surface area contributed by atoms with Crippen LogP contribution in [0.5, 0.6) is 11.5 Å². The minimum absolute atomic E-state index is 0.0294. The summed E-state index contributed by atoms with van der Waals surface area (Å²) in [4.78, 5) is 46.9. The highest BCUT2D eigenvalue weighted by Gasteiger charge is 2.22. The molecular formula is C22H31NO9. The van der Waals surface area contributed by atoms with Gasteiger partial charge in [0.15, 0.2) is 11.5 Å². The molecule has 32 heavy (non-hydrogen) atoms. The van der Waals surface area contributed by atoms with Gasteiger partial charge in [-0.05, 0) is 31.0 Å². The first-order valence-corrected chi connectivity index (χ1v) is 10.2. The molecule has 2 atom stereocenters. The van der Waals surface area contributed by atoms with E-state index in [-0.39, 0.29) is 24.5 Å². The number of benzene rings is 1. The number of rotatable bonds is 11. The number of carbonyl (C=O) groups excluding carboxylic acids is 3. The van der Waals surface area contributed by atoms with E-state index >= 15 is 0 Å². The van der Waals surface area contributed by atoms with Crippen molar-refractivity contribution in [1.82, 2.24) is 5.32 Å². The van der Waals surface area contributed by atoms with Crippen molar-refractivity contribution in [2.24, 2.45) is 11.8 Å². The van der Waals surface area contributed by atoms with Crippen LogP contribution in [0.2, 0.25) is 0 Å². The lowest BCUT2D eigenvalue weighted by Crippen LogP contribution is -2.42. The van der Waals surface area contributed by atoms with Crippen molar-refractivity contribution < 1.29 is 43.2 Å². The maximum atomic E-state index is 12.1. The van der Waals surface area contributed by atoms with Crippen molar-refractivity contribution in [1.29, 1.82) is 0 Å². The Morgan fingerprint density at radius 2 is 1.50 bits per heavy atom. The van der Waals surface area contributed by atoms with Crippen LogP contribution in [0.3, 0.4) is 0 Å². The second-order valence-corrected chi connectivity index (χ2v) is 7.82. The fourth-order valence-corrected chi connectivity index (χ4v) is 2.34. The molecule has 1 unspecified atom stereocenters. The topological polar surface area (TPSA) is 137 Å². The smallest absolute Gasteiger partial charge is 0.480 e. The zero-order chi connectivity index (χ0) is 24.4. The number of methoxy groups -OCH3 is 1. The van der Waals surface area contributed by atoms with Crippen LogP contribution in [0.15, 0.2) is 18.2 Å². The van der Waals surface area contributed by atoms with Gasteiger partial charge in [0.2, 0.25) is 0 Å². The quantitative estimate of drug-likeness (QED) is 0.380. The van der Waals surface area contributed by atoms with Crippen LogP contribution in [0.4, 0.5) is 4.79 Å². The summed E-state index contributed by atoms with van der Waals surface area (Å²) in [5.41, 5.74) is 0.530. The summed E-state index contributed by atoms with van der Waals surface area (Å²) in [6.07, 6.45) is -1.45. The Hall–Kier alpha value is -3.14. The summed E-state index contributed by atoms with van der Waals surface area (Å²) >= 11 is 0. The first kappa shape index (κ1) is 26.9. The highest BCUT2D eigenvalue weighted by Crippen LogP contribution is 2.30. The SMILES string of the molecule is COC(=O)OC(C)CN[C@@H](Cc1ccc(OC(=O)C(C)C)c(OC(=O)C(C)C)c1)C(=O)O. The lowest BCUT2D eigenvalue weighted by molar-refractivity contribution is -0.140. The molecule has 0 aliphatic heterocycles. The van der Waals surface area contributed by atoms with Gasteiger partial charge in [-0.2, -0.15) is 0 Å². The molecule has 0 saturated carbocycles. The average Bonchev–Trinajstić information content (AvgIpc) is 2.71. The van der Waals surface area contributed by atoms with Crippen molar-refractivity contribution in [3.8, 4) is 11.5 Å². The maximum absolute atomic E-state index is 12.1. The molecule has 1 aromatic carbocycles. The summed E-state index contributed by atoms with van der Waals surface area (Å²) in [7, 11) is 1.17. The number of carbonyl (C=O) groups is 4. The van der Waals surface area contributed by atoms with Gasteiger partial charge in [-0.1, -0.05) is 33.8 Å². The van der Waals surface area contributed by atoms with Crippen LogP contribution in [0, 0.1) is 11.8 Å². The summed E-state index contributed by atoms with van der Waals surface area (Å²) in [6.45, 7) is 8.33. The van der Waals surface area contributed by atoms with Gasteiger partial charge in [0, 0.05) is 6.54 Å². The Morgan fingerprint density at radius 3 is 2.00 bits per heavy atom. The first-order chi connectivity index (χ1) is 14.9. The van der Waals surface area contributed by atoms with Gasteiger partial charge in [-0.15, -0.1) is 0 Å². The van der Waals surface area contributed by atoms with E-state index in [4.69, 9.17) is 14.2 Å². The molecule has 2 N–H and O–H groups in total. The van der Waals surface area contributed by atoms with Gasteiger partial charge >= 0.3 is 24.1 Å². The molecule has 178 valence electrons. The summed E-state index contributed by atoms with van der Waals surface area (Å²) in [5, 5.41) is 12.4. The first-order valence-electron chi connectivity index (χ1n) is 10.2. The molecule has 0 aliphatic carbocycles. The molecule has 1 rings (SSSR count). The molecular weight excluding hydrogens is 422 g/mol. The van der Waals surface area contributed by atoms with Gasteiger partial charge in [0.05, 0.1) is 18.9 Å². The fourth-order valence-electron chi connectivity index (χ4n) is 2.34. The van der Waals surface area contributed by atoms with Crippen LogP contribution in [0.25, 0.3) is 0 Å². The third kappa shape index (κ3) is 8.93. The van der Waals surface area contributed by atoms with Crippen molar-refractivity contribution in [2.45, 2.75) is 53.2 Å². The monoisotopic (exact) mass is 453 g/mol. The molecule has 10 heteroatoms. The Morgan fingerprint density at radius 1 is 0.938 bits per heavy atom. The fraction of sp³-hybridized carbons (Fsp3) is 0.545. The van der Waals surface area contributed by atoms with E-state index in [1.54, 1.807) is 40.7 Å². The zero-order valence-corrected chi connectivity index (χ0v) is 19.2. The lowest BCUT2D eigenvalue weighted by atomic mass is 10.0. The number of hydrogen-bond acceptors (Lipinski definition) is 9. The number of carboxylic acid groups (broad SMARTS) is 1. The Labute approximate surface area is 187 Å². The second kappa shape index (κ2) is 12.7. The van der Waals surface area contributed by atoms with Crippen LogP contribution >= 0.6 is 0 Å². The number of esters is 2. The van der Waals surface area contributed by atoms with E-state index in [1.807, 2.05) is 0 Å². The molecule has 0 fully saturated rings. The number of nitrogens with one attached hydrogen (secondary N) is 1. The van der Waals surface area contributed by atoms with Crippen molar-refractivity contribution in [3.05, 3.63) is 23.8 Å². The van der Waals surface area contributed by atoms with Crippen molar-refractivity contribution in [2.75, 3.05) is 13.7 Å². The normalized spacial score (nSPS) is 12.8. The minimum atomic E-state index is -1.12. The summed E-state index contributed by atoms with van der Waals surface area (Å²) in [5.74, 6) is -2.85. The highest BCUT2D eigenvalue weighted by atomic mass is 16.7. The van der Waals surface area contributed by atoms with E-state index in [2.05, 4.69) is 10.1 Å². The van der Waals surface area contributed by atoms with Crippen LogP contribution in [-0.4, -0.2) is 55.0 Å². The third-order valence-corrected chi connectivity index (χ3v) is 4.23. The predicted molar refractivity (Wildman–Crippen MR) is 113 cm³/mol. The van der Waals surface area contributed by atoms with Gasteiger partial charge < -0.3 is 29.4 Å². The van der Waals surface area contributed by atoms with Gasteiger partial charge in [-0.25, -0.2) is 4.79 Å². The Kier molecular flexibility index (Phi) is 10.6. The Balaban J connectivity index is 3.02. The third-order valence-electron chi connectivity index (χ3n) is 4.23. The van der Waals surface area contributed by atoms with Gasteiger partial charge in [0.25, 0.3) is 0 Å². The van der Waals surface area contributed by atoms with E-state index in [1.165, 1.54) is 19.2 Å². The van der Waals surface area contributed by atoms with Crippen LogP contribution < -0.4 is 14.8 Å². The number of carboxylic acids is 1. The molecule has 0 heterocycles. The molecule has 0 aromatic heterocycles. The molecule has 0 radical (unpaired) electrons. The van der Waals surface area contributed by atoms with Crippen molar-refractivity contribution >= 4 is 24.1 Å². The standard InChI is InChI=1S/C22H31NO9/c1-12(2)20(26)31-17-8-7-15(10-18(17)32-21(27)13(3)4)9-16(19(24)25)23-11-14(5)30-22(28)29-6/h7-8,10,12-14,16,23H,9,11H2,1-6H3,(H,24,25)/t14?,16-/m0/s1. The van der Waals surface area contributed by atoms with Crippen LogP contribution in [-0.2, 0) is 30.3 Å². The highest BCUT2D eigenvalue weighted by molar-refractivity contribution is 5.78. The number of hydrogen-bond donors (Lipinski definition) is 2. The molecule has 0 saturated heterocycles. The number of ether oxygens (including phenoxy) is 4. The average molecular weight is 453 g/mol. The second-order valence-electron chi connectivity index (χ2n) is 7.82. The molecule has 0 aliphatic rings. The van der Waals surface area contributed by atoms with Gasteiger partial charge in [0.1, 0.15) is 12.1 Å². The molecule has 1 aromatic rings. The molecule has 10 nitrogen and oxygen atoms in total. The Bertz CT molecular complexity index is 820. The zero-order valence-electron chi connectivity index (χ0n) is 19.2. The van der Waals surface area contributed by atoms with E-state index in [0.29, 0.717) is 5.56 Å². The molecule has 0 amide bonds. The summed E-state index contributed by atoms with van der Waals surface area (Å²) < 4.78 is 20.0. The molecule has 0 spiro atoms.